The molecule has 0 aromatic heterocycles. The fourth-order valence-electron chi connectivity index (χ4n) is 2.45. The van der Waals surface area contributed by atoms with Crippen molar-refractivity contribution in [3.63, 3.8) is 0 Å². The molecule has 0 spiro atoms. The maximum Gasteiger partial charge on any atom is 0.327 e. The van der Waals surface area contributed by atoms with Crippen LogP contribution in [-0.2, 0) is 9.36 Å². The summed E-state index contributed by atoms with van der Waals surface area (Å²) in [7, 11) is -3.90. The molecular formula is C17H34NO4P. The molecule has 0 heterocycles. The third-order valence-corrected chi connectivity index (χ3v) is 4.83. The van der Waals surface area contributed by atoms with Gasteiger partial charge in [-0.1, -0.05) is 45.1 Å². The second-order valence-electron chi connectivity index (χ2n) is 6.48. The lowest BCUT2D eigenvalue weighted by Gasteiger charge is -2.14. The monoisotopic (exact) mass is 347 g/mol. The first-order valence-corrected chi connectivity index (χ1v) is 10.5. The lowest BCUT2D eigenvalue weighted by molar-refractivity contribution is -0.115. The molecule has 0 aliphatic rings. The molecule has 0 amide bonds. The van der Waals surface area contributed by atoms with Crippen molar-refractivity contribution in [2.75, 3.05) is 12.7 Å². The van der Waals surface area contributed by atoms with Gasteiger partial charge < -0.3 is 15.1 Å². The maximum absolute atomic E-state index is 11.4. The van der Waals surface area contributed by atoms with E-state index in [9.17, 15) is 9.36 Å². The van der Waals surface area contributed by atoms with Crippen LogP contribution in [0.4, 0.5) is 0 Å². The summed E-state index contributed by atoms with van der Waals surface area (Å²) in [5, 5.41) is 3.15. The predicted octanol–water partition coefficient (Wildman–Crippen LogP) is 3.80. The fourth-order valence-corrected chi connectivity index (χ4v) is 3.30. The van der Waals surface area contributed by atoms with Crippen LogP contribution in [0.25, 0.3) is 0 Å². The molecule has 0 aliphatic carbocycles. The van der Waals surface area contributed by atoms with Crippen LogP contribution in [0.3, 0.4) is 0 Å². The molecule has 0 aromatic rings. The fraction of sp³-hybridized carbons (Fsp3) is 0.824. The maximum atomic E-state index is 11.4. The third kappa shape index (κ3) is 16.2. The summed E-state index contributed by atoms with van der Waals surface area (Å²) in [5.74, 6) is 0.186. The van der Waals surface area contributed by atoms with E-state index in [-0.39, 0.29) is 18.0 Å². The minimum Gasteiger partial charge on any atom is -0.324 e. The Labute approximate surface area is 141 Å². The van der Waals surface area contributed by atoms with Gasteiger partial charge in [0.1, 0.15) is 0 Å². The first-order chi connectivity index (χ1) is 10.7. The summed E-state index contributed by atoms with van der Waals surface area (Å²) in [5.41, 5.74) is 0.661. The number of allylic oxidation sites excluding steroid dienone is 1. The number of Topliss-reactive ketones (excluding diaryl/α,β-unsaturated/α-hetero) is 1. The number of carbonyl (C=O) groups is 1. The number of ketones is 1. The van der Waals surface area contributed by atoms with Crippen molar-refractivity contribution in [1.29, 1.82) is 0 Å². The van der Waals surface area contributed by atoms with Gasteiger partial charge in [0, 0.05) is 12.5 Å². The minimum atomic E-state index is -3.90. The van der Waals surface area contributed by atoms with E-state index in [2.05, 4.69) is 11.9 Å². The second-order valence-corrected chi connectivity index (χ2v) is 8.18. The van der Waals surface area contributed by atoms with Gasteiger partial charge in [-0.25, -0.2) is 0 Å². The molecule has 0 rings (SSSR count). The van der Waals surface area contributed by atoms with Gasteiger partial charge in [0.2, 0.25) is 0 Å². The summed E-state index contributed by atoms with van der Waals surface area (Å²) in [6.07, 6.45) is 9.60. The van der Waals surface area contributed by atoms with Crippen molar-refractivity contribution in [3.8, 4) is 0 Å². The molecule has 0 bridgehead atoms. The zero-order valence-electron chi connectivity index (χ0n) is 14.7. The number of carbonyl (C=O) groups excluding carboxylic acids is 1. The van der Waals surface area contributed by atoms with Crippen LogP contribution in [0.15, 0.2) is 12.2 Å². The zero-order valence-corrected chi connectivity index (χ0v) is 15.6. The SMILES string of the molecule is C=C(C)C(=O)CCCCCCCCCCNC(C)CP(=O)(O)O. The Balaban J connectivity index is 3.30. The molecule has 0 aliphatic heterocycles. The predicted molar refractivity (Wildman–Crippen MR) is 95.7 cm³/mol. The van der Waals surface area contributed by atoms with Crippen LogP contribution < -0.4 is 5.32 Å². The highest BCUT2D eigenvalue weighted by Crippen LogP contribution is 2.34. The van der Waals surface area contributed by atoms with Gasteiger partial charge in [0.15, 0.2) is 5.78 Å². The van der Waals surface area contributed by atoms with Crippen molar-refractivity contribution in [1.82, 2.24) is 5.32 Å². The normalized spacial score (nSPS) is 13.0. The molecule has 23 heavy (non-hydrogen) atoms. The van der Waals surface area contributed by atoms with Crippen molar-refractivity contribution in [2.24, 2.45) is 0 Å². The first-order valence-electron chi connectivity index (χ1n) is 8.69. The molecule has 0 fully saturated rings. The van der Waals surface area contributed by atoms with Gasteiger partial charge in [0.05, 0.1) is 6.16 Å². The van der Waals surface area contributed by atoms with E-state index in [1.807, 2.05) is 0 Å². The van der Waals surface area contributed by atoms with E-state index in [0.29, 0.717) is 12.0 Å². The Morgan fingerprint density at radius 2 is 1.52 bits per heavy atom. The number of hydrogen-bond donors (Lipinski definition) is 3. The number of unbranched alkanes of at least 4 members (excludes halogenated alkanes) is 7. The highest BCUT2D eigenvalue weighted by molar-refractivity contribution is 7.51. The smallest absolute Gasteiger partial charge is 0.324 e. The summed E-state index contributed by atoms with van der Waals surface area (Å²) in [4.78, 5) is 29.1. The minimum absolute atomic E-state index is 0.0963. The van der Waals surface area contributed by atoms with E-state index in [4.69, 9.17) is 9.79 Å². The summed E-state index contributed by atoms with van der Waals surface area (Å²) in [6.45, 7) is 8.03. The number of rotatable bonds is 15. The highest BCUT2D eigenvalue weighted by atomic mass is 31.2. The molecular weight excluding hydrogens is 313 g/mol. The zero-order chi connectivity index (χ0) is 17.7. The molecule has 0 saturated carbocycles. The largest absolute Gasteiger partial charge is 0.327 e. The van der Waals surface area contributed by atoms with Gasteiger partial charge in [0.25, 0.3) is 0 Å². The van der Waals surface area contributed by atoms with Crippen LogP contribution in [0.2, 0.25) is 0 Å². The van der Waals surface area contributed by atoms with Crippen LogP contribution in [0.1, 0.15) is 71.6 Å². The number of hydrogen-bond acceptors (Lipinski definition) is 3. The van der Waals surface area contributed by atoms with Gasteiger partial charge in [-0.05, 0) is 38.8 Å². The Morgan fingerprint density at radius 3 is 2.00 bits per heavy atom. The van der Waals surface area contributed by atoms with Crippen molar-refractivity contribution < 1.29 is 19.1 Å². The van der Waals surface area contributed by atoms with E-state index < -0.39 is 7.60 Å². The van der Waals surface area contributed by atoms with E-state index in [1.165, 1.54) is 25.7 Å². The topological polar surface area (TPSA) is 86.6 Å². The Bertz CT molecular complexity index is 392. The Hall–Kier alpha value is -0.480. The molecule has 1 atom stereocenters. The van der Waals surface area contributed by atoms with Crippen molar-refractivity contribution >= 4 is 13.4 Å². The average molecular weight is 347 g/mol. The third-order valence-electron chi connectivity index (χ3n) is 3.81. The lowest BCUT2D eigenvalue weighted by Crippen LogP contribution is -2.30. The second kappa shape index (κ2) is 12.9. The van der Waals surface area contributed by atoms with Gasteiger partial charge in [-0.15, -0.1) is 0 Å². The van der Waals surface area contributed by atoms with Gasteiger partial charge in [-0.2, -0.15) is 0 Å². The molecule has 3 N–H and O–H groups in total. The summed E-state index contributed by atoms with van der Waals surface area (Å²) >= 11 is 0. The molecule has 1 unspecified atom stereocenters. The van der Waals surface area contributed by atoms with E-state index >= 15 is 0 Å². The lowest BCUT2D eigenvalue weighted by atomic mass is 10.0. The molecule has 6 heteroatoms. The van der Waals surface area contributed by atoms with Gasteiger partial charge >= 0.3 is 7.60 Å². The van der Waals surface area contributed by atoms with E-state index in [1.54, 1.807) is 13.8 Å². The molecule has 136 valence electrons. The van der Waals surface area contributed by atoms with Crippen LogP contribution >= 0.6 is 7.60 Å². The van der Waals surface area contributed by atoms with E-state index in [0.717, 1.165) is 32.2 Å². The molecule has 0 saturated heterocycles. The quantitative estimate of drug-likeness (QED) is 0.238. The van der Waals surface area contributed by atoms with Crippen molar-refractivity contribution in [2.45, 2.75) is 77.7 Å². The average Bonchev–Trinajstić information content (AvgIpc) is 2.42. The highest BCUT2D eigenvalue weighted by Gasteiger charge is 2.17. The Morgan fingerprint density at radius 1 is 1.04 bits per heavy atom. The molecule has 0 radical (unpaired) electrons. The summed E-state index contributed by atoms with van der Waals surface area (Å²) < 4.78 is 10.8. The van der Waals surface area contributed by atoms with Crippen LogP contribution in [0, 0.1) is 0 Å². The molecule has 0 aromatic carbocycles. The standard InChI is InChI=1S/C17H34NO4P/c1-15(2)17(19)12-10-8-6-4-5-7-9-11-13-18-16(3)14-23(20,21)22/h16,18H,1,4-14H2,2-3H3,(H2,20,21,22). The van der Waals surface area contributed by atoms with Crippen LogP contribution in [-0.4, -0.2) is 34.3 Å². The van der Waals surface area contributed by atoms with Crippen molar-refractivity contribution in [3.05, 3.63) is 12.2 Å². The summed E-state index contributed by atoms with van der Waals surface area (Å²) in [6, 6.07) is -0.141. The Kier molecular flexibility index (Phi) is 12.6. The molecule has 5 nitrogen and oxygen atoms in total. The van der Waals surface area contributed by atoms with Crippen LogP contribution in [0.5, 0.6) is 0 Å². The number of nitrogens with one attached hydrogen (secondary N) is 1. The van der Waals surface area contributed by atoms with Gasteiger partial charge in [-0.3, -0.25) is 9.36 Å². The first kappa shape index (κ1) is 22.5.